The monoisotopic (exact) mass is 256 g/mol. The van der Waals surface area contributed by atoms with E-state index < -0.39 is 30.2 Å². The lowest BCUT2D eigenvalue weighted by Gasteiger charge is -1.90. The van der Waals surface area contributed by atoms with E-state index in [0.29, 0.717) is 6.42 Å². The number of carboxylic acids is 4. The molecule has 0 bridgehead atoms. The average Bonchev–Trinajstić information content (AvgIpc) is 2.19. The lowest BCUT2D eigenvalue weighted by atomic mass is 10.5. The number of carboxylic acid groups (broad SMARTS) is 4. The summed E-state index contributed by atoms with van der Waals surface area (Å²) in [5.41, 5.74) is 0. The number of aliphatic carboxylic acids is 4. The fraction of sp³-hybridized carbons (Fsp3) is 0.429. The van der Waals surface area contributed by atoms with Gasteiger partial charge in [-0.15, -0.1) is 0 Å². The molecule has 0 aromatic carbocycles. The van der Waals surface area contributed by atoms with Gasteiger partial charge in [-0.25, -0.2) is 19.2 Å². The van der Waals surface area contributed by atoms with Crippen LogP contribution in [0.2, 0.25) is 0 Å². The summed E-state index contributed by atoms with van der Waals surface area (Å²) in [6.07, 6.45) is -0.699. The molecule has 0 aliphatic heterocycles. The first-order valence-electron chi connectivity index (χ1n) is 3.84. The minimum atomic E-state index is -1.82. The molecule has 0 aliphatic carbocycles. The summed E-state index contributed by atoms with van der Waals surface area (Å²) in [4.78, 5) is 36.4. The molecule has 10 nitrogen and oxygen atoms in total. The molecule has 0 rings (SSSR count). The largest absolute Gasteiger partial charge is 0.473 e. The summed E-state index contributed by atoms with van der Waals surface area (Å²) in [5, 5.41) is 45.4. The van der Waals surface area contributed by atoms with Gasteiger partial charge in [0.25, 0.3) is 0 Å². The molecular formula is C7H12O10. The minimum Gasteiger partial charge on any atom is -0.473 e. The van der Waals surface area contributed by atoms with Crippen LogP contribution in [0.3, 0.4) is 0 Å². The Morgan fingerprint density at radius 1 is 0.765 bits per heavy atom. The Hall–Kier alpha value is -2.20. The van der Waals surface area contributed by atoms with Crippen LogP contribution in [0.5, 0.6) is 0 Å². The van der Waals surface area contributed by atoms with Gasteiger partial charge < -0.3 is 30.6 Å². The molecule has 0 aromatic heterocycles. The number of aliphatic hydroxyl groups is 2. The molecule has 0 heterocycles. The number of aliphatic hydroxyl groups excluding tert-OH is 1. The van der Waals surface area contributed by atoms with E-state index in [4.69, 9.17) is 49.8 Å². The average molecular weight is 256 g/mol. The highest BCUT2D eigenvalue weighted by molar-refractivity contribution is 6.27. The molecule has 0 aromatic rings. The second-order valence-corrected chi connectivity index (χ2v) is 2.11. The normalized spacial score (nSPS) is 8.00. The summed E-state index contributed by atoms with van der Waals surface area (Å²) in [7, 11) is 0. The van der Waals surface area contributed by atoms with Crippen molar-refractivity contribution in [3.05, 3.63) is 0 Å². The molecule has 6 N–H and O–H groups in total. The van der Waals surface area contributed by atoms with Gasteiger partial charge in [-0.3, -0.25) is 0 Å². The van der Waals surface area contributed by atoms with Gasteiger partial charge in [0, 0.05) is 0 Å². The fourth-order valence-corrected chi connectivity index (χ4v) is 0. The van der Waals surface area contributed by atoms with Gasteiger partial charge in [0.2, 0.25) is 0 Å². The van der Waals surface area contributed by atoms with Crippen LogP contribution in [-0.4, -0.2) is 60.8 Å². The van der Waals surface area contributed by atoms with Crippen molar-refractivity contribution in [3.8, 4) is 0 Å². The van der Waals surface area contributed by atoms with E-state index in [1.54, 1.807) is 6.92 Å². The van der Waals surface area contributed by atoms with Crippen LogP contribution in [0.1, 0.15) is 13.3 Å². The van der Waals surface area contributed by atoms with Crippen LogP contribution in [0.4, 0.5) is 0 Å². The molecule has 0 radical (unpaired) electrons. The summed E-state index contributed by atoms with van der Waals surface area (Å²) in [5.74, 6) is -7.30. The van der Waals surface area contributed by atoms with E-state index in [1.165, 1.54) is 0 Å². The maximum Gasteiger partial charge on any atom is 0.414 e. The van der Waals surface area contributed by atoms with E-state index in [9.17, 15) is 0 Å². The van der Waals surface area contributed by atoms with Crippen molar-refractivity contribution < 1.29 is 49.8 Å². The first kappa shape index (κ1) is 20.2. The van der Waals surface area contributed by atoms with Crippen LogP contribution in [0.25, 0.3) is 0 Å². The van der Waals surface area contributed by atoms with Gasteiger partial charge in [-0.2, -0.15) is 0 Å². The summed E-state index contributed by atoms with van der Waals surface area (Å²) in [6.45, 7) is 1.70. The second-order valence-electron chi connectivity index (χ2n) is 2.11. The highest BCUT2D eigenvalue weighted by Crippen LogP contribution is 1.77. The Morgan fingerprint density at radius 3 is 0.882 bits per heavy atom. The third-order valence-corrected chi connectivity index (χ3v) is 0.731. The molecular weight excluding hydrogens is 244 g/mol. The first-order valence-corrected chi connectivity index (χ1v) is 3.84. The maximum absolute atomic E-state index is 9.10. The number of hydrogen-bond donors (Lipinski definition) is 6. The molecule has 0 spiro atoms. The SMILES string of the molecule is CCC(O)O.O=C(O)C(=O)O.O=C(O)C(=O)O. The van der Waals surface area contributed by atoms with E-state index in [1.807, 2.05) is 0 Å². The zero-order valence-electron chi connectivity index (χ0n) is 8.60. The van der Waals surface area contributed by atoms with Crippen molar-refractivity contribution in [1.82, 2.24) is 0 Å². The summed E-state index contributed by atoms with van der Waals surface area (Å²) in [6, 6.07) is 0. The summed E-state index contributed by atoms with van der Waals surface area (Å²) < 4.78 is 0. The molecule has 0 unspecified atom stereocenters. The minimum absolute atomic E-state index is 0.417. The zero-order valence-corrected chi connectivity index (χ0v) is 8.60. The van der Waals surface area contributed by atoms with E-state index >= 15 is 0 Å². The Morgan fingerprint density at radius 2 is 0.882 bits per heavy atom. The van der Waals surface area contributed by atoms with Crippen molar-refractivity contribution >= 4 is 23.9 Å². The molecule has 100 valence electrons. The molecule has 0 atom stereocenters. The quantitative estimate of drug-likeness (QED) is 0.226. The van der Waals surface area contributed by atoms with Crippen LogP contribution in [0, 0.1) is 0 Å². The van der Waals surface area contributed by atoms with Crippen molar-refractivity contribution in [2.24, 2.45) is 0 Å². The second kappa shape index (κ2) is 11.9. The van der Waals surface area contributed by atoms with Crippen molar-refractivity contribution in [2.75, 3.05) is 0 Å². The fourth-order valence-electron chi connectivity index (χ4n) is 0. The van der Waals surface area contributed by atoms with E-state index in [2.05, 4.69) is 0 Å². The first-order chi connectivity index (χ1) is 7.56. The maximum atomic E-state index is 9.10. The molecule has 0 saturated carbocycles. The Bertz CT molecular complexity index is 220. The van der Waals surface area contributed by atoms with Gasteiger partial charge in [-0.1, -0.05) is 6.92 Å². The Labute approximate surface area is 94.4 Å². The van der Waals surface area contributed by atoms with Crippen molar-refractivity contribution in [1.29, 1.82) is 0 Å². The lowest BCUT2D eigenvalue weighted by molar-refractivity contribution is -0.159. The van der Waals surface area contributed by atoms with E-state index in [0.717, 1.165) is 0 Å². The molecule has 0 amide bonds. The topological polar surface area (TPSA) is 190 Å². The molecule has 0 saturated heterocycles. The smallest absolute Gasteiger partial charge is 0.414 e. The summed E-state index contributed by atoms with van der Waals surface area (Å²) >= 11 is 0. The number of hydrogen-bond acceptors (Lipinski definition) is 6. The van der Waals surface area contributed by atoms with Crippen LogP contribution >= 0.6 is 0 Å². The number of carbonyl (C=O) groups is 4. The van der Waals surface area contributed by atoms with Gasteiger partial charge in [0.1, 0.15) is 0 Å². The van der Waals surface area contributed by atoms with Gasteiger partial charge in [-0.05, 0) is 6.42 Å². The third-order valence-electron chi connectivity index (χ3n) is 0.731. The van der Waals surface area contributed by atoms with Gasteiger partial charge in [0.15, 0.2) is 6.29 Å². The molecule has 17 heavy (non-hydrogen) atoms. The van der Waals surface area contributed by atoms with Crippen molar-refractivity contribution in [3.63, 3.8) is 0 Å². The molecule has 10 heteroatoms. The van der Waals surface area contributed by atoms with Gasteiger partial charge >= 0.3 is 23.9 Å². The predicted molar refractivity (Wildman–Crippen MR) is 49.1 cm³/mol. The highest BCUT2D eigenvalue weighted by Gasteiger charge is 2.04. The molecule has 0 aliphatic rings. The lowest BCUT2D eigenvalue weighted by Crippen LogP contribution is -2.09. The number of rotatable bonds is 1. The Kier molecular flexibility index (Phi) is 14.1. The third kappa shape index (κ3) is 31.6. The van der Waals surface area contributed by atoms with Crippen LogP contribution < -0.4 is 0 Å². The zero-order chi connectivity index (χ0) is 14.6. The standard InChI is InChI=1S/C3H8O2.2C2H2O4/c1-2-3(4)5;2*3-1(4)2(5)6/h3-5H,2H2,1H3;2*(H,3,4)(H,5,6). The highest BCUT2D eigenvalue weighted by atomic mass is 16.5. The Balaban J connectivity index is -0.000000174. The van der Waals surface area contributed by atoms with Crippen LogP contribution in [-0.2, 0) is 19.2 Å². The van der Waals surface area contributed by atoms with Gasteiger partial charge in [0.05, 0.1) is 0 Å². The van der Waals surface area contributed by atoms with Crippen LogP contribution in [0.15, 0.2) is 0 Å². The van der Waals surface area contributed by atoms with Crippen molar-refractivity contribution in [2.45, 2.75) is 19.6 Å². The van der Waals surface area contributed by atoms with E-state index in [-0.39, 0.29) is 0 Å². The molecule has 0 fully saturated rings. The predicted octanol–water partition coefficient (Wildman–Crippen LogP) is -1.98.